The van der Waals surface area contributed by atoms with Gasteiger partial charge in [0.15, 0.2) is 0 Å². The van der Waals surface area contributed by atoms with Crippen molar-refractivity contribution in [3.63, 3.8) is 0 Å². The first-order valence-corrected chi connectivity index (χ1v) is 7.19. The fourth-order valence-corrected chi connectivity index (χ4v) is 3.34. The summed E-state index contributed by atoms with van der Waals surface area (Å²) in [6.07, 6.45) is 3.75. The Morgan fingerprint density at radius 3 is 2.65 bits per heavy atom. The van der Waals surface area contributed by atoms with Gasteiger partial charge in [-0.15, -0.1) is 0 Å². The van der Waals surface area contributed by atoms with Gasteiger partial charge in [-0.3, -0.25) is 0 Å². The molecule has 2 aromatic carbocycles. The zero-order valence-corrected chi connectivity index (χ0v) is 11.7. The van der Waals surface area contributed by atoms with E-state index in [4.69, 9.17) is 0 Å². The van der Waals surface area contributed by atoms with Gasteiger partial charge in [-0.05, 0) is 67.0 Å². The van der Waals surface area contributed by atoms with Crippen LogP contribution in [0.15, 0.2) is 42.5 Å². The van der Waals surface area contributed by atoms with Gasteiger partial charge < -0.3 is 5.11 Å². The van der Waals surface area contributed by atoms with E-state index in [1.54, 1.807) is 6.07 Å². The molecule has 0 saturated carbocycles. The molecule has 0 spiro atoms. The lowest BCUT2D eigenvalue weighted by Crippen LogP contribution is -2.28. The zero-order valence-electron chi connectivity index (χ0n) is 11.7. The lowest BCUT2D eigenvalue weighted by atomic mass is 9.80. The molecule has 0 heterocycles. The minimum atomic E-state index is -0.995. The normalized spacial score (nSPS) is 22.1. The Bertz CT molecular complexity index is 635. The first-order chi connectivity index (χ1) is 9.61. The molecule has 0 bridgehead atoms. The Labute approximate surface area is 119 Å². The lowest BCUT2D eigenvalue weighted by molar-refractivity contribution is 0.0697. The Kier molecular flexibility index (Phi) is 3.35. The summed E-state index contributed by atoms with van der Waals surface area (Å²) in [7, 11) is 0. The first kappa shape index (κ1) is 13.3. The molecule has 0 saturated heterocycles. The van der Waals surface area contributed by atoms with Crippen molar-refractivity contribution in [1.82, 2.24) is 0 Å². The molecule has 104 valence electrons. The van der Waals surface area contributed by atoms with Crippen LogP contribution in [0.25, 0.3) is 0 Å². The van der Waals surface area contributed by atoms with Crippen LogP contribution in [-0.4, -0.2) is 5.11 Å². The average molecular weight is 270 g/mol. The van der Waals surface area contributed by atoms with Gasteiger partial charge in [0, 0.05) is 0 Å². The molecule has 0 aliphatic heterocycles. The van der Waals surface area contributed by atoms with Crippen LogP contribution in [-0.2, 0) is 12.0 Å². The summed E-state index contributed by atoms with van der Waals surface area (Å²) in [5.41, 5.74) is 2.83. The van der Waals surface area contributed by atoms with E-state index < -0.39 is 5.60 Å². The molecule has 1 aliphatic carbocycles. The van der Waals surface area contributed by atoms with Crippen LogP contribution in [0.1, 0.15) is 41.5 Å². The van der Waals surface area contributed by atoms with Gasteiger partial charge in [0.25, 0.3) is 0 Å². The van der Waals surface area contributed by atoms with Gasteiger partial charge in [-0.25, -0.2) is 4.39 Å². The average Bonchev–Trinajstić information content (AvgIpc) is 2.59. The van der Waals surface area contributed by atoms with E-state index in [0.717, 1.165) is 36.0 Å². The second-order valence-electron chi connectivity index (χ2n) is 5.68. The molecule has 1 unspecified atom stereocenters. The fourth-order valence-electron chi connectivity index (χ4n) is 3.34. The monoisotopic (exact) mass is 270 g/mol. The van der Waals surface area contributed by atoms with Gasteiger partial charge in [-0.2, -0.15) is 0 Å². The van der Waals surface area contributed by atoms with Crippen LogP contribution in [0.4, 0.5) is 4.39 Å². The summed E-state index contributed by atoms with van der Waals surface area (Å²) in [5.74, 6) is -0.253. The van der Waals surface area contributed by atoms with Gasteiger partial charge in [-0.1, -0.05) is 30.3 Å². The first-order valence-electron chi connectivity index (χ1n) is 7.19. The second-order valence-corrected chi connectivity index (χ2v) is 5.68. The summed E-state index contributed by atoms with van der Waals surface area (Å²) in [6, 6.07) is 12.7. The highest BCUT2D eigenvalue weighted by Crippen LogP contribution is 2.40. The van der Waals surface area contributed by atoms with Crippen molar-refractivity contribution < 1.29 is 9.50 Å². The number of fused-ring (bicyclic) bond motifs is 1. The summed E-state index contributed by atoms with van der Waals surface area (Å²) >= 11 is 0. The molecular weight excluding hydrogens is 251 g/mol. The molecule has 0 amide bonds. The topological polar surface area (TPSA) is 20.2 Å². The molecule has 0 fully saturated rings. The number of benzene rings is 2. The number of aliphatic hydroxyl groups is 1. The summed E-state index contributed by atoms with van der Waals surface area (Å²) in [5, 5.41) is 11.3. The SMILES string of the molecule is Cc1cc(F)ccc1C1(O)CCCCc2ccccc21. The third kappa shape index (κ3) is 2.14. The fraction of sp³-hybridized carbons (Fsp3) is 0.333. The predicted molar refractivity (Wildman–Crippen MR) is 78.1 cm³/mol. The third-order valence-corrected chi connectivity index (χ3v) is 4.33. The molecule has 1 atom stereocenters. The number of hydrogen-bond acceptors (Lipinski definition) is 1. The number of rotatable bonds is 1. The maximum absolute atomic E-state index is 13.3. The van der Waals surface area contributed by atoms with Crippen LogP contribution in [0.3, 0.4) is 0 Å². The van der Waals surface area contributed by atoms with Crippen molar-refractivity contribution in [2.24, 2.45) is 0 Å². The smallest absolute Gasteiger partial charge is 0.123 e. The molecular formula is C18H19FO. The Morgan fingerprint density at radius 1 is 1.05 bits per heavy atom. The Balaban J connectivity index is 2.19. The standard InChI is InChI=1S/C18H19FO/c1-13-12-15(19)9-10-16(13)18(20)11-5-4-7-14-6-2-3-8-17(14)18/h2-3,6,8-10,12,20H,4-5,7,11H2,1H3. The van der Waals surface area contributed by atoms with Crippen molar-refractivity contribution >= 4 is 0 Å². The van der Waals surface area contributed by atoms with Gasteiger partial charge in [0.1, 0.15) is 11.4 Å². The molecule has 3 rings (SSSR count). The minimum Gasteiger partial charge on any atom is -0.380 e. The molecule has 1 N–H and O–H groups in total. The minimum absolute atomic E-state index is 0.253. The van der Waals surface area contributed by atoms with Crippen LogP contribution >= 0.6 is 0 Å². The van der Waals surface area contributed by atoms with E-state index in [9.17, 15) is 9.50 Å². The van der Waals surface area contributed by atoms with Crippen LogP contribution in [0.2, 0.25) is 0 Å². The molecule has 0 radical (unpaired) electrons. The maximum atomic E-state index is 13.3. The Morgan fingerprint density at radius 2 is 1.85 bits per heavy atom. The van der Waals surface area contributed by atoms with Crippen LogP contribution in [0, 0.1) is 12.7 Å². The highest BCUT2D eigenvalue weighted by Gasteiger charge is 2.35. The van der Waals surface area contributed by atoms with Gasteiger partial charge in [0.05, 0.1) is 0 Å². The molecule has 0 aromatic heterocycles. The maximum Gasteiger partial charge on any atom is 0.123 e. The van der Waals surface area contributed by atoms with E-state index >= 15 is 0 Å². The van der Waals surface area contributed by atoms with Gasteiger partial charge >= 0.3 is 0 Å². The van der Waals surface area contributed by atoms with Crippen molar-refractivity contribution in [1.29, 1.82) is 0 Å². The highest BCUT2D eigenvalue weighted by molar-refractivity contribution is 5.44. The van der Waals surface area contributed by atoms with E-state index in [1.807, 2.05) is 25.1 Å². The highest BCUT2D eigenvalue weighted by atomic mass is 19.1. The number of aryl methyl sites for hydroxylation is 2. The van der Waals surface area contributed by atoms with Crippen molar-refractivity contribution in [2.75, 3.05) is 0 Å². The third-order valence-electron chi connectivity index (χ3n) is 4.33. The van der Waals surface area contributed by atoms with E-state index in [2.05, 4.69) is 6.07 Å². The lowest BCUT2D eigenvalue weighted by Gasteiger charge is -2.31. The summed E-state index contributed by atoms with van der Waals surface area (Å²) in [6.45, 7) is 1.86. The second kappa shape index (κ2) is 5.02. The summed E-state index contributed by atoms with van der Waals surface area (Å²) in [4.78, 5) is 0. The Hall–Kier alpha value is -1.67. The molecule has 20 heavy (non-hydrogen) atoms. The van der Waals surface area contributed by atoms with Crippen molar-refractivity contribution in [3.8, 4) is 0 Å². The van der Waals surface area contributed by atoms with Crippen LogP contribution in [0.5, 0.6) is 0 Å². The van der Waals surface area contributed by atoms with E-state index in [0.29, 0.717) is 6.42 Å². The van der Waals surface area contributed by atoms with Crippen molar-refractivity contribution in [3.05, 3.63) is 70.5 Å². The van der Waals surface area contributed by atoms with Crippen molar-refractivity contribution in [2.45, 2.75) is 38.2 Å². The molecule has 1 aliphatic rings. The molecule has 2 heteroatoms. The molecule has 1 nitrogen and oxygen atoms in total. The molecule has 2 aromatic rings. The summed E-state index contributed by atoms with van der Waals surface area (Å²) < 4.78 is 13.3. The number of hydrogen-bond donors (Lipinski definition) is 1. The van der Waals surface area contributed by atoms with E-state index in [-0.39, 0.29) is 5.82 Å². The predicted octanol–water partition coefficient (Wildman–Crippen LogP) is 4.10. The van der Waals surface area contributed by atoms with Gasteiger partial charge in [0.2, 0.25) is 0 Å². The van der Waals surface area contributed by atoms with Crippen LogP contribution < -0.4 is 0 Å². The zero-order chi connectivity index (χ0) is 14.2. The number of halogens is 1. The largest absolute Gasteiger partial charge is 0.380 e. The van der Waals surface area contributed by atoms with E-state index in [1.165, 1.54) is 17.7 Å². The quantitative estimate of drug-likeness (QED) is 0.774.